The highest BCUT2D eigenvalue weighted by molar-refractivity contribution is 5.99. The smallest absolute Gasteiger partial charge is 0.162 e. The van der Waals surface area contributed by atoms with E-state index < -0.39 is 0 Å². The SMILES string of the molecule is O=CCCCCCC(=O)c1ccc2ccccc2c1. The number of hydrogen-bond acceptors (Lipinski definition) is 2. The monoisotopic (exact) mass is 254 g/mol. The molecule has 2 aromatic rings. The molecule has 19 heavy (non-hydrogen) atoms. The molecule has 0 N–H and O–H groups in total. The maximum atomic E-state index is 12.1. The Morgan fingerprint density at radius 3 is 2.53 bits per heavy atom. The Balaban J connectivity index is 1.95. The number of fused-ring (bicyclic) bond motifs is 1. The third-order valence-electron chi connectivity index (χ3n) is 3.30. The summed E-state index contributed by atoms with van der Waals surface area (Å²) in [4.78, 5) is 22.2. The van der Waals surface area contributed by atoms with Crippen molar-refractivity contribution >= 4 is 22.8 Å². The summed E-state index contributed by atoms with van der Waals surface area (Å²) in [5.41, 5.74) is 0.786. The highest BCUT2D eigenvalue weighted by atomic mass is 16.1. The van der Waals surface area contributed by atoms with Crippen LogP contribution < -0.4 is 0 Å². The zero-order chi connectivity index (χ0) is 13.5. The molecule has 0 saturated carbocycles. The van der Waals surface area contributed by atoms with Crippen LogP contribution in [-0.4, -0.2) is 12.1 Å². The van der Waals surface area contributed by atoms with Gasteiger partial charge >= 0.3 is 0 Å². The molecule has 0 spiro atoms. The minimum Gasteiger partial charge on any atom is -0.303 e. The molecule has 2 nitrogen and oxygen atoms in total. The first-order chi connectivity index (χ1) is 9.31. The molecule has 2 heteroatoms. The number of Topliss-reactive ketones (excluding diaryl/α,β-unsaturated/α-hetero) is 1. The quantitative estimate of drug-likeness (QED) is 0.422. The first-order valence-electron chi connectivity index (χ1n) is 6.77. The molecule has 0 unspecified atom stereocenters. The lowest BCUT2D eigenvalue weighted by molar-refractivity contribution is -0.107. The predicted octanol–water partition coefficient (Wildman–Crippen LogP) is 4.17. The lowest BCUT2D eigenvalue weighted by Crippen LogP contribution is -1.98. The number of aldehydes is 1. The van der Waals surface area contributed by atoms with E-state index in [9.17, 15) is 9.59 Å². The van der Waals surface area contributed by atoms with Crippen LogP contribution in [0.5, 0.6) is 0 Å². The fourth-order valence-electron chi connectivity index (χ4n) is 2.20. The van der Waals surface area contributed by atoms with Crippen LogP contribution in [0.25, 0.3) is 10.8 Å². The number of benzene rings is 2. The molecule has 0 saturated heterocycles. The van der Waals surface area contributed by atoms with E-state index in [-0.39, 0.29) is 5.78 Å². The second-order valence-corrected chi connectivity index (χ2v) is 4.75. The number of hydrogen-bond donors (Lipinski definition) is 0. The van der Waals surface area contributed by atoms with Gasteiger partial charge in [-0.05, 0) is 29.7 Å². The number of rotatable bonds is 7. The van der Waals surface area contributed by atoms with Gasteiger partial charge in [0.25, 0.3) is 0 Å². The van der Waals surface area contributed by atoms with E-state index in [1.165, 1.54) is 0 Å². The molecule has 98 valence electrons. The number of carbonyl (C=O) groups is 2. The summed E-state index contributed by atoms with van der Waals surface area (Å²) < 4.78 is 0. The fourth-order valence-corrected chi connectivity index (χ4v) is 2.20. The second-order valence-electron chi connectivity index (χ2n) is 4.75. The van der Waals surface area contributed by atoms with Crippen LogP contribution in [0.2, 0.25) is 0 Å². The highest BCUT2D eigenvalue weighted by Crippen LogP contribution is 2.17. The Hall–Kier alpha value is -1.96. The molecule has 2 rings (SSSR count). The molecule has 0 aromatic heterocycles. The van der Waals surface area contributed by atoms with Gasteiger partial charge in [0.1, 0.15) is 6.29 Å². The highest BCUT2D eigenvalue weighted by Gasteiger charge is 2.06. The molecule has 0 aliphatic heterocycles. The Kier molecular flexibility index (Phi) is 4.85. The Morgan fingerprint density at radius 2 is 1.74 bits per heavy atom. The van der Waals surface area contributed by atoms with E-state index in [0.717, 1.165) is 41.9 Å². The van der Waals surface area contributed by atoms with Gasteiger partial charge in [0, 0.05) is 18.4 Å². The van der Waals surface area contributed by atoms with E-state index in [0.29, 0.717) is 12.8 Å². The molecular weight excluding hydrogens is 236 g/mol. The normalized spacial score (nSPS) is 10.5. The van der Waals surface area contributed by atoms with Crippen molar-refractivity contribution in [3.63, 3.8) is 0 Å². The zero-order valence-electron chi connectivity index (χ0n) is 11.0. The summed E-state index contributed by atoms with van der Waals surface area (Å²) in [6.07, 6.45) is 4.79. The van der Waals surface area contributed by atoms with Gasteiger partial charge in [-0.1, -0.05) is 42.8 Å². The lowest BCUT2D eigenvalue weighted by atomic mass is 10.0. The van der Waals surface area contributed by atoms with Crippen molar-refractivity contribution in [3.05, 3.63) is 48.0 Å². The van der Waals surface area contributed by atoms with E-state index in [4.69, 9.17) is 0 Å². The van der Waals surface area contributed by atoms with E-state index >= 15 is 0 Å². The minimum absolute atomic E-state index is 0.192. The Morgan fingerprint density at radius 1 is 0.947 bits per heavy atom. The second kappa shape index (κ2) is 6.83. The molecule has 0 aliphatic rings. The molecule has 0 radical (unpaired) electrons. The number of carbonyl (C=O) groups excluding carboxylic acids is 2. The van der Waals surface area contributed by atoms with Crippen molar-refractivity contribution in [1.82, 2.24) is 0 Å². The summed E-state index contributed by atoms with van der Waals surface area (Å²) >= 11 is 0. The summed E-state index contributed by atoms with van der Waals surface area (Å²) in [5, 5.41) is 2.26. The number of unbranched alkanes of at least 4 members (excludes halogenated alkanes) is 3. The van der Waals surface area contributed by atoms with Crippen LogP contribution in [0.3, 0.4) is 0 Å². The average Bonchev–Trinajstić information content (AvgIpc) is 2.46. The van der Waals surface area contributed by atoms with Gasteiger partial charge in [0.15, 0.2) is 5.78 Å². The van der Waals surface area contributed by atoms with Gasteiger partial charge in [-0.2, -0.15) is 0 Å². The Labute approximate surface area is 113 Å². The molecule has 2 aromatic carbocycles. The summed E-state index contributed by atoms with van der Waals surface area (Å²) in [6, 6.07) is 13.9. The maximum absolute atomic E-state index is 12.1. The molecule has 0 fully saturated rings. The minimum atomic E-state index is 0.192. The third kappa shape index (κ3) is 3.75. The molecule has 0 heterocycles. The largest absolute Gasteiger partial charge is 0.303 e. The van der Waals surface area contributed by atoms with Crippen LogP contribution in [0, 0.1) is 0 Å². The van der Waals surface area contributed by atoms with Gasteiger partial charge in [0.05, 0.1) is 0 Å². The van der Waals surface area contributed by atoms with Crippen molar-refractivity contribution in [1.29, 1.82) is 0 Å². The zero-order valence-corrected chi connectivity index (χ0v) is 11.0. The van der Waals surface area contributed by atoms with Crippen molar-refractivity contribution < 1.29 is 9.59 Å². The summed E-state index contributed by atoms with van der Waals surface area (Å²) in [7, 11) is 0. The number of ketones is 1. The van der Waals surface area contributed by atoms with E-state index in [2.05, 4.69) is 0 Å². The molecule has 0 atom stereocenters. The van der Waals surface area contributed by atoms with Gasteiger partial charge in [0.2, 0.25) is 0 Å². The van der Waals surface area contributed by atoms with Crippen LogP contribution in [0.1, 0.15) is 42.5 Å². The predicted molar refractivity (Wildman–Crippen MR) is 77.4 cm³/mol. The third-order valence-corrected chi connectivity index (χ3v) is 3.30. The van der Waals surface area contributed by atoms with Crippen molar-refractivity contribution in [2.24, 2.45) is 0 Å². The van der Waals surface area contributed by atoms with Crippen molar-refractivity contribution in [2.45, 2.75) is 32.1 Å². The first kappa shape index (κ1) is 13.5. The van der Waals surface area contributed by atoms with Crippen molar-refractivity contribution in [3.8, 4) is 0 Å². The van der Waals surface area contributed by atoms with Crippen molar-refractivity contribution in [2.75, 3.05) is 0 Å². The molecular formula is C17H18O2. The topological polar surface area (TPSA) is 34.1 Å². The average molecular weight is 254 g/mol. The van der Waals surface area contributed by atoms with Gasteiger partial charge in [-0.15, -0.1) is 0 Å². The molecule has 0 aliphatic carbocycles. The molecule has 0 bridgehead atoms. The maximum Gasteiger partial charge on any atom is 0.162 e. The van der Waals surface area contributed by atoms with Gasteiger partial charge in [-0.25, -0.2) is 0 Å². The molecule has 0 amide bonds. The van der Waals surface area contributed by atoms with E-state index in [1.54, 1.807) is 0 Å². The van der Waals surface area contributed by atoms with Crippen LogP contribution >= 0.6 is 0 Å². The van der Waals surface area contributed by atoms with E-state index in [1.807, 2.05) is 42.5 Å². The summed E-state index contributed by atoms with van der Waals surface area (Å²) in [5.74, 6) is 0.192. The van der Waals surface area contributed by atoms with Gasteiger partial charge in [-0.3, -0.25) is 4.79 Å². The fraction of sp³-hybridized carbons (Fsp3) is 0.294. The Bertz CT molecular complexity index is 572. The lowest BCUT2D eigenvalue weighted by Gasteiger charge is -2.03. The van der Waals surface area contributed by atoms with Gasteiger partial charge < -0.3 is 4.79 Å². The van der Waals surface area contributed by atoms with Crippen LogP contribution in [0.15, 0.2) is 42.5 Å². The van der Waals surface area contributed by atoms with Crippen LogP contribution in [-0.2, 0) is 4.79 Å². The first-order valence-corrected chi connectivity index (χ1v) is 6.77. The van der Waals surface area contributed by atoms with Crippen LogP contribution in [0.4, 0.5) is 0 Å². The summed E-state index contributed by atoms with van der Waals surface area (Å²) in [6.45, 7) is 0. The standard InChI is InChI=1S/C17H18O2/c18-12-6-2-1-3-9-17(19)16-11-10-14-7-4-5-8-15(14)13-16/h4-5,7-8,10-13H,1-3,6,9H2.